The maximum atomic E-state index is 12.5. The van der Waals surface area contributed by atoms with E-state index in [9.17, 15) is 4.79 Å². The Morgan fingerprint density at radius 1 is 0.923 bits per heavy atom. The van der Waals surface area contributed by atoms with Gasteiger partial charge in [-0.1, -0.05) is 48.5 Å². The molecule has 26 heavy (non-hydrogen) atoms. The van der Waals surface area contributed by atoms with E-state index in [1.807, 2.05) is 60.7 Å². The van der Waals surface area contributed by atoms with Crippen LogP contribution in [0.3, 0.4) is 0 Å². The van der Waals surface area contributed by atoms with Crippen molar-refractivity contribution < 1.29 is 9.53 Å². The van der Waals surface area contributed by atoms with Crippen LogP contribution < -0.4 is 10.1 Å². The fourth-order valence-corrected chi connectivity index (χ4v) is 3.17. The smallest absolute Gasteiger partial charge is 0.255 e. The second-order valence-electron chi connectivity index (χ2n) is 5.90. The first kappa shape index (κ1) is 18.5. The largest absolute Gasteiger partial charge is 0.491 e. The normalized spacial score (nSPS) is 10.3. The van der Waals surface area contributed by atoms with Crippen molar-refractivity contribution in [3.63, 3.8) is 0 Å². The molecule has 1 N–H and O–H groups in total. The number of aryl methyl sites for hydroxylation is 1. The van der Waals surface area contributed by atoms with E-state index in [1.54, 1.807) is 6.07 Å². The van der Waals surface area contributed by atoms with Crippen LogP contribution in [-0.2, 0) is 6.42 Å². The molecular formula is C22H20INO2. The number of rotatable bonds is 7. The van der Waals surface area contributed by atoms with Crippen LogP contribution in [0.5, 0.6) is 5.75 Å². The molecule has 0 aromatic heterocycles. The van der Waals surface area contributed by atoms with Gasteiger partial charge in [0, 0.05) is 9.13 Å². The zero-order chi connectivity index (χ0) is 18.2. The molecule has 0 saturated carbocycles. The van der Waals surface area contributed by atoms with Crippen molar-refractivity contribution in [2.75, 3.05) is 11.9 Å². The zero-order valence-corrected chi connectivity index (χ0v) is 16.5. The monoisotopic (exact) mass is 457 g/mol. The molecule has 0 spiro atoms. The highest BCUT2D eigenvalue weighted by Crippen LogP contribution is 2.25. The van der Waals surface area contributed by atoms with E-state index in [2.05, 4.69) is 40.0 Å². The van der Waals surface area contributed by atoms with E-state index in [-0.39, 0.29) is 5.91 Å². The number of ether oxygens (including phenoxy) is 1. The Morgan fingerprint density at radius 2 is 1.69 bits per heavy atom. The summed E-state index contributed by atoms with van der Waals surface area (Å²) in [6.07, 6.45) is 1.89. The van der Waals surface area contributed by atoms with Crippen molar-refractivity contribution in [2.24, 2.45) is 0 Å². The second-order valence-corrected chi connectivity index (χ2v) is 7.14. The fourth-order valence-electron chi connectivity index (χ4n) is 2.62. The molecule has 1 amide bonds. The molecule has 0 unspecified atom stereocenters. The van der Waals surface area contributed by atoms with E-state index >= 15 is 0 Å². The zero-order valence-electron chi connectivity index (χ0n) is 14.3. The van der Waals surface area contributed by atoms with Crippen LogP contribution in [0.15, 0.2) is 78.9 Å². The summed E-state index contributed by atoms with van der Waals surface area (Å²) in [5.41, 5.74) is 2.63. The molecule has 0 aliphatic heterocycles. The summed E-state index contributed by atoms with van der Waals surface area (Å²) < 4.78 is 6.93. The van der Waals surface area contributed by atoms with Crippen molar-refractivity contribution in [1.82, 2.24) is 0 Å². The van der Waals surface area contributed by atoms with E-state index in [0.717, 1.165) is 16.4 Å². The summed E-state index contributed by atoms with van der Waals surface area (Å²) in [5, 5.41) is 2.95. The highest BCUT2D eigenvalue weighted by atomic mass is 127. The second kappa shape index (κ2) is 9.38. The number of hydrogen-bond donors (Lipinski definition) is 1. The number of nitrogens with one attached hydrogen (secondary N) is 1. The topological polar surface area (TPSA) is 38.3 Å². The molecule has 0 saturated heterocycles. The molecule has 0 radical (unpaired) electrons. The Kier molecular flexibility index (Phi) is 6.66. The van der Waals surface area contributed by atoms with Crippen LogP contribution in [0.4, 0.5) is 5.69 Å². The van der Waals surface area contributed by atoms with Gasteiger partial charge in [0.1, 0.15) is 5.75 Å². The lowest BCUT2D eigenvalue weighted by molar-refractivity contribution is 0.102. The third-order valence-electron chi connectivity index (χ3n) is 3.93. The Labute approximate surface area is 167 Å². The lowest BCUT2D eigenvalue weighted by atomic mass is 10.1. The summed E-state index contributed by atoms with van der Waals surface area (Å²) in [5.74, 6) is 0.559. The first-order valence-electron chi connectivity index (χ1n) is 8.55. The Hall–Kier alpha value is -2.34. The van der Waals surface area contributed by atoms with Crippen LogP contribution >= 0.6 is 22.6 Å². The Morgan fingerprint density at radius 3 is 2.50 bits per heavy atom. The summed E-state index contributed by atoms with van der Waals surface area (Å²) in [6.45, 7) is 0.602. The van der Waals surface area contributed by atoms with Crippen molar-refractivity contribution in [3.8, 4) is 5.75 Å². The van der Waals surface area contributed by atoms with E-state index in [4.69, 9.17) is 4.74 Å². The van der Waals surface area contributed by atoms with E-state index in [0.29, 0.717) is 23.6 Å². The third kappa shape index (κ3) is 5.33. The van der Waals surface area contributed by atoms with E-state index < -0.39 is 0 Å². The van der Waals surface area contributed by atoms with Gasteiger partial charge in [-0.3, -0.25) is 4.79 Å². The Balaban J connectivity index is 1.58. The number of para-hydroxylation sites is 2. The van der Waals surface area contributed by atoms with Crippen LogP contribution in [0.1, 0.15) is 22.3 Å². The van der Waals surface area contributed by atoms with Gasteiger partial charge >= 0.3 is 0 Å². The average Bonchev–Trinajstić information content (AvgIpc) is 2.67. The van der Waals surface area contributed by atoms with Gasteiger partial charge in [0.25, 0.3) is 5.91 Å². The van der Waals surface area contributed by atoms with Crippen LogP contribution in [0, 0.1) is 3.57 Å². The predicted octanol–water partition coefficient (Wildman–Crippen LogP) is 5.56. The van der Waals surface area contributed by atoms with Gasteiger partial charge in [0.15, 0.2) is 0 Å². The number of amides is 1. The number of benzene rings is 3. The minimum atomic E-state index is -0.135. The molecule has 0 atom stereocenters. The summed E-state index contributed by atoms with van der Waals surface area (Å²) in [7, 11) is 0. The van der Waals surface area contributed by atoms with Crippen molar-refractivity contribution in [2.45, 2.75) is 12.8 Å². The highest BCUT2D eigenvalue weighted by molar-refractivity contribution is 14.1. The van der Waals surface area contributed by atoms with Crippen molar-refractivity contribution in [3.05, 3.63) is 93.6 Å². The maximum absolute atomic E-state index is 12.5. The number of carbonyl (C=O) groups is 1. The first-order chi connectivity index (χ1) is 12.7. The molecule has 0 bridgehead atoms. The maximum Gasteiger partial charge on any atom is 0.255 e. The van der Waals surface area contributed by atoms with Gasteiger partial charge in [0.2, 0.25) is 0 Å². The SMILES string of the molecule is O=C(Nc1ccccc1OCCCc1ccccc1)c1cccc(I)c1. The van der Waals surface area contributed by atoms with Crippen LogP contribution in [-0.4, -0.2) is 12.5 Å². The molecule has 3 aromatic carbocycles. The average molecular weight is 457 g/mol. The van der Waals surface area contributed by atoms with Gasteiger partial charge < -0.3 is 10.1 Å². The van der Waals surface area contributed by atoms with E-state index in [1.165, 1.54) is 5.56 Å². The molecule has 132 valence electrons. The van der Waals surface area contributed by atoms with Crippen molar-refractivity contribution in [1.29, 1.82) is 0 Å². The molecule has 0 heterocycles. The quantitative estimate of drug-likeness (QED) is 0.373. The lowest BCUT2D eigenvalue weighted by Gasteiger charge is -2.12. The number of carbonyl (C=O) groups excluding carboxylic acids is 1. The molecule has 0 aliphatic carbocycles. The molecule has 3 aromatic rings. The standard InChI is InChI=1S/C22H20INO2/c23-19-12-6-11-18(16-19)22(25)24-20-13-4-5-14-21(20)26-15-7-10-17-8-2-1-3-9-17/h1-6,8-9,11-14,16H,7,10,15H2,(H,24,25). The molecule has 3 rings (SSSR count). The Bertz CT molecular complexity index is 865. The van der Waals surface area contributed by atoms with Gasteiger partial charge in [-0.15, -0.1) is 0 Å². The minimum absolute atomic E-state index is 0.135. The first-order valence-corrected chi connectivity index (χ1v) is 9.63. The van der Waals surface area contributed by atoms with Crippen LogP contribution in [0.25, 0.3) is 0 Å². The van der Waals surface area contributed by atoms with Gasteiger partial charge in [-0.2, -0.15) is 0 Å². The molecule has 0 fully saturated rings. The summed E-state index contributed by atoms with van der Waals surface area (Å²) in [4.78, 5) is 12.5. The predicted molar refractivity (Wildman–Crippen MR) is 114 cm³/mol. The molecule has 3 nitrogen and oxygen atoms in total. The number of anilines is 1. The highest BCUT2D eigenvalue weighted by Gasteiger charge is 2.10. The van der Waals surface area contributed by atoms with Gasteiger partial charge in [-0.05, 0) is 71.3 Å². The molecule has 0 aliphatic rings. The third-order valence-corrected chi connectivity index (χ3v) is 4.60. The van der Waals surface area contributed by atoms with Gasteiger partial charge in [-0.25, -0.2) is 0 Å². The molecular weight excluding hydrogens is 437 g/mol. The molecule has 4 heteroatoms. The fraction of sp³-hybridized carbons (Fsp3) is 0.136. The summed E-state index contributed by atoms with van der Waals surface area (Å²) in [6, 6.07) is 25.4. The summed E-state index contributed by atoms with van der Waals surface area (Å²) >= 11 is 2.20. The van der Waals surface area contributed by atoms with Crippen LogP contribution in [0.2, 0.25) is 0 Å². The van der Waals surface area contributed by atoms with Gasteiger partial charge in [0.05, 0.1) is 12.3 Å². The lowest BCUT2D eigenvalue weighted by Crippen LogP contribution is -2.13. The number of halogens is 1. The number of hydrogen-bond acceptors (Lipinski definition) is 2. The minimum Gasteiger partial charge on any atom is -0.491 e. The van der Waals surface area contributed by atoms with Crippen molar-refractivity contribution >= 4 is 34.2 Å².